The van der Waals surface area contributed by atoms with E-state index in [0.29, 0.717) is 11.8 Å². The Morgan fingerprint density at radius 1 is 1.15 bits per heavy atom. The molecule has 0 saturated carbocycles. The summed E-state index contributed by atoms with van der Waals surface area (Å²) in [6.07, 6.45) is 3.14. The number of carbonyl (C=O) groups is 1. The van der Waals surface area contributed by atoms with E-state index in [0.717, 1.165) is 55.8 Å². The first-order chi connectivity index (χ1) is 13.1. The van der Waals surface area contributed by atoms with Crippen LogP contribution in [0.15, 0.2) is 35.1 Å². The smallest absolute Gasteiger partial charge is 0.251 e. The first-order valence-electron chi connectivity index (χ1n) is 9.97. The van der Waals surface area contributed by atoms with E-state index in [9.17, 15) is 9.59 Å². The van der Waals surface area contributed by atoms with Crippen molar-refractivity contribution >= 4 is 11.6 Å². The summed E-state index contributed by atoms with van der Waals surface area (Å²) >= 11 is 0. The Morgan fingerprint density at radius 2 is 2.04 bits per heavy atom. The largest absolute Gasteiger partial charge is 0.316 e. The zero-order chi connectivity index (χ0) is 18.5. The van der Waals surface area contributed by atoms with E-state index in [1.165, 1.54) is 17.7 Å². The molecule has 5 heteroatoms. The van der Waals surface area contributed by atoms with Crippen molar-refractivity contribution in [2.24, 2.45) is 5.92 Å². The van der Waals surface area contributed by atoms with Crippen LogP contribution in [0.25, 0.3) is 11.1 Å². The Morgan fingerprint density at radius 3 is 2.89 bits per heavy atom. The lowest BCUT2D eigenvalue weighted by molar-refractivity contribution is -0.116. The summed E-state index contributed by atoms with van der Waals surface area (Å²) in [5, 5.41) is 3.51. The van der Waals surface area contributed by atoms with Crippen molar-refractivity contribution in [3.05, 3.63) is 51.9 Å². The Kier molecular flexibility index (Phi) is 3.93. The van der Waals surface area contributed by atoms with Crippen molar-refractivity contribution in [1.82, 2.24) is 9.88 Å². The lowest BCUT2D eigenvalue weighted by Gasteiger charge is -2.37. The summed E-state index contributed by atoms with van der Waals surface area (Å²) in [5.41, 5.74) is 5.58. The number of aromatic nitrogens is 1. The highest BCUT2D eigenvalue weighted by atomic mass is 16.2. The average molecular weight is 363 g/mol. The van der Waals surface area contributed by atoms with Crippen molar-refractivity contribution in [2.45, 2.75) is 38.6 Å². The van der Waals surface area contributed by atoms with Gasteiger partial charge in [-0.05, 0) is 66.6 Å². The summed E-state index contributed by atoms with van der Waals surface area (Å²) in [4.78, 5) is 26.6. The fraction of sp³-hybridized carbons (Fsp3) is 0.455. The number of pyridine rings is 1. The molecule has 5 nitrogen and oxygen atoms in total. The van der Waals surface area contributed by atoms with Gasteiger partial charge in [0.1, 0.15) is 0 Å². The molecule has 27 heavy (non-hydrogen) atoms. The molecule has 2 aromatic rings. The third-order valence-corrected chi connectivity index (χ3v) is 6.37. The van der Waals surface area contributed by atoms with E-state index in [2.05, 4.69) is 23.5 Å². The van der Waals surface area contributed by atoms with Gasteiger partial charge in [-0.15, -0.1) is 0 Å². The third kappa shape index (κ3) is 2.81. The van der Waals surface area contributed by atoms with Crippen molar-refractivity contribution in [3.8, 4) is 11.1 Å². The van der Waals surface area contributed by atoms with Gasteiger partial charge in [0.15, 0.2) is 0 Å². The summed E-state index contributed by atoms with van der Waals surface area (Å²) in [6.45, 7) is 5.21. The second kappa shape index (κ2) is 6.34. The summed E-state index contributed by atoms with van der Waals surface area (Å²) in [7, 11) is 0. The number of hydrogen-bond donors (Lipinski definition) is 1. The molecule has 0 unspecified atom stereocenters. The van der Waals surface area contributed by atoms with Gasteiger partial charge in [-0.2, -0.15) is 0 Å². The molecule has 0 radical (unpaired) electrons. The van der Waals surface area contributed by atoms with Crippen molar-refractivity contribution in [3.63, 3.8) is 0 Å². The summed E-state index contributed by atoms with van der Waals surface area (Å²) < 4.78 is 1.99. The second-order valence-electron chi connectivity index (χ2n) is 8.19. The van der Waals surface area contributed by atoms with E-state index < -0.39 is 0 Å². The topological polar surface area (TPSA) is 54.3 Å². The molecule has 1 fully saturated rings. The Balaban J connectivity index is 1.57. The van der Waals surface area contributed by atoms with E-state index in [1.54, 1.807) is 13.0 Å². The minimum atomic E-state index is 0.0927. The maximum Gasteiger partial charge on any atom is 0.251 e. The number of aryl methyl sites for hydroxylation is 1. The lowest BCUT2D eigenvalue weighted by atomic mass is 9.83. The van der Waals surface area contributed by atoms with Crippen LogP contribution in [0.1, 0.15) is 36.9 Å². The van der Waals surface area contributed by atoms with Crippen LogP contribution >= 0.6 is 0 Å². The van der Waals surface area contributed by atoms with Crippen LogP contribution in [0, 0.1) is 5.92 Å². The molecule has 3 aliphatic rings. The molecule has 5 rings (SSSR count). The quantitative estimate of drug-likeness (QED) is 0.847. The number of hydrogen-bond acceptors (Lipinski definition) is 3. The van der Waals surface area contributed by atoms with Gasteiger partial charge in [-0.3, -0.25) is 9.59 Å². The highest BCUT2D eigenvalue weighted by Gasteiger charge is 2.31. The maximum absolute atomic E-state index is 12.8. The van der Waals surface area contributed by atoms with Crippen molar-refractivity contribution in [1.29, 1.82) is 0 Å². The predicted molar refractivity (Wildman–Crippen MR) is 106 cm³/mol. The van der Waals surface area contributed by atoms with Gasteiger partial charge < -0.3 is 14.8 Å². The van der Waals surface area contributed by atoms with Crippen LogP contribution < -0.4 is 15.8 Å². The molecule has 1 amide bonds. The number of anilines is 1. The lowest BCUT2D eigenvalue weighted by Crippen LogP contribution is -2.44. The van der Waals surface area contributed by atoms with Crippen LogP contribution in [0.5, 0.6) is 0 Å². The first-order valence-corrected chi connectivity index (χ1v) is 9.97. The molecular formula is C22H25N3O2. The van der Waals surface area contributed by atoms with Gasteiger partial charge in [0, 0.05) is 49.9 Å². The highest BCUT2D eigenvalue weighted by Crippen LogP contribution is 2.35. The van der Waals surface area contributed by atoms with Gasteiger partial charge in [-0.25, -0.2) is 0 Å². The standard InChI is InChI=1S/C22H25N3O2/c1-14(26)24-6-2-3-17-8-16(4-5-20(17)24)18-9-21-19-7-15(11-23-12-19)13-25(21)22(27)10-18/h4-5,8-10,15,19,23H,2-3,6-7,11-13H2,1H3/t15-,19+/m0/s1. The minimum absolute atomic E-state index is 0.0927. The van der Waals surface area contributed by atoms with Crippen LogP contribution in [0.3, 0.4) is 0 Å². The van der Waals surface area contributed by atoms with Crippen molar-refractivity contribution < 1.29 is 4.79 Å². The minimum Gasteiger partial charge on any atom is -0.316 e. The molecule has 0 aliphatic carbocycles. The number of nitrogens with zero attached hydrogens (tertiary/aromatic N) is 2. The first kappa shape index (κ1) is 16.8. The molecule has 4 heterocycles. The van der Waals surface area contributed by atoms with E-state index in [1.807, 2.05) is 15.5 Å². The molecular weight excluding hydrogens is 338 g/mol. The Bertz CT molecular complexity index is 978. The van der Waals surface area contributed by atoms with Gasteiger partial charge in [-0.1, -0.05) is 6.07 Å². The van der Waals surface area contributed by atoms with E-state index in [-0.39, 0.29) is 11.5 Å². The van der Waals surface area contributed by atoms with Gasteiger partial charge in [0.25, 0.3) is 5.56 Å². The molecule has 1 aromatic heterocycles. The number of rotatable bonds is 1. The maximum atomic E-state index is 12.8. The van der Waals surface area contributed by atoms with Crippen LogP contribution in [0.4, 0.5) is 5.69 Å². The summed E-state index contributed by atoms with van der Waals surface area (Å²) in [5.74, 6) is 1.09. The van der Waals surface area contributed by atoms with Crippen LogP contribution in [0.2, 0.25) is 0 Å². The number of fused-ring (bicyclic) bond motifs is 5. The third-order valence-electron chi connectivity index (χ3n) is 6.37. The molecule has 2 atom stereocenters. The van der Waals surface area contributed by atoms with Crippen LogP contribution in [-0.2, 0) is 17.8 Å². The monoisotopic (exact) mass is 363 g/mol. The number of carbonyl (C=O) groups excluding carboxylic acids is 1. The Labute approximate surface area is 159 Å². The summed E-state index contributed by atoms with van der Waals surface area (Å²) in [6, 6.07) is 10.3. The molecule has 1 saturated heterocycles. The molecule has 140 valence electrons. The van der Waals surface area contributed by atoms with E-state index in [4.69, 9.17) is 0 Å². The fourth-order valence-corrected chi connectivity index (χ4v) is 5.07. The zero-order valence-corrected chi connectivity index (χ0v) is 15.7. The molecule has 1 aromatic carbocycles. The van der Waals surface area contributed by atoms with Gasteiger partial charge >= 0.3 is 0 Å². The normalized spacial score (nSPS) is 23.5. The van der Waals surface area contributed by atoms with Gasteiger partial charge in [0.2, 0.25) is 5.91 Å². The number of nitrogens with one attached hydrogen (secondary N) is 1. The average Bonchev–Trinajstić information content (AvgIpc) is 2.68. The van der Waals surface area contributed by atoms with Crippen LogP contribution in [-0.4, -0.2) is 30.1 Å². The SMILES string of the molecule is CC(=O)N1CCCc2cc(-c3cc4n(c(=O)c3)C[C@@H]3CNC[C@H]4C3)ccc21. The highest BCUT2D eigenvalue weighted by molar-refractivity contribution is 5.93. The molecule has 2 bridgehead atoms. The second-order valence-corrected chi connectivity index (χ2v) is 8.19. The van der Waals surface area contributed by atoms with E-state index >= 15 is 0 Å². The van der Waals surface area contributed by atoms with Gasteiger partial charge in [0.05, 0.1) is 0 Å². The number of amides is 1. The predicted octanol–water partition coefficient (Wildman–Crippen LogP) is 2.52. The zero-order valence-electron chi connectivity index (χ0n) is 15.7. The number of piperidine rings is 1. The Hall–Kier alpha value is -2.40. The molecule has 0 spiro atoms. The van der Waals surface area contributed by atoms with Crippen molar-refractivity contribution in [2.75, 3.05) is 24.5 Å². The molecule has 3 aliphatic heterocycles. The number of benzene rings is 1. The molecule has 1 N–H and O–H groups in total. The fourth-order valence-electron chi connectivity index (χ4n) is 5.07.